The minimum atomic E-state index is 0.563. The maximum Gasteiger partial charge on any atom is 0.169 e. The van der Waals surface area contributed by atoms with Crippen LogP contribution in [0.4, 0.5) is 5.82 Å². The first-order chi connectivity index (χ1) is 7.29. The molecule has 0 aliphatic heterocycles. The van der Waals surface area contributed by atoms with Crippen LogP contribution in [0.25, 0.3) is 0 Å². The van der Waals surface area contributed by atoms with Crippen LogP contribution < -0.4 is 5.73 Å². The zero-order valence-corrected chi connectivity index (χ0v) is 9.57. The molecule has 0 aromatic carbocycles. The van der Waals surface area contributed by atoms with E-state index >= 15 is 0 Å². The van der Waals surface area contributed by atoms with Gasteiger partial charge in [-0.3, -0.25) is 0 Å². The first kappa shape index (κ1) is 12.0. The molecule has 0 fully saturated rings. The van der Waals surface area contributed by atoms with Crippen molar-refractivity contribution >= 4 is 5.82 Å². The highest BCUT2D eigenvalue weighted by Crippen LogP contribution is 2.10. The van der Waals surface area contributed by atoms with E-state index in [4.69, 9.17) is 10.5 Å². The molecule has 2 N–H and O–H groups in total. The lowest BCUT2D eigenvalue weighted by Gasteiger charge is -2.05. The summed E-state index contributed by atoms with van der Waals surface area (Å²) in [7, 11) is 0. The van der Waals surface area contributed by atoms with Crippen molar-refractivity contribution in [3.63, 3.8) is 0 Å². The minimum Gasteiger partial charge on any atom is -0.382 e. The van der Waals surface area contributed by atoms with Gasteiger partial charge in [-0.15, -0.1) is 5.10 Å². The van der Waals surface area contributed by atoms with Crippen molar-refractivity contribution in [3.05, 3.63) is 5.69 Å². The van der Waals surface area contributed by atoms with Crippen molar-refractivity contribution in [1.29, 1.82) is 0 Å². The number of nitrogens with two attached hydrogens (primary N) is 1. The van der Waals surface area contributed by atoms with E-state index < -0.39 is 0 Å². The monoisotopic (exact) mass is 212 g/mol. The molecule has 0 saturated heterocycles. The molecule has 1 aromatic heterocycles. The van der Waals surface area contributed by atoms with Crippen molar-refractivity contribution in [3.8, 4) is 0 Å². The molecule has 0 unspecified atom stereocenters. The number of anilines is 1. The first-order valence-electron chi connectivity index (χ1n) is 5.55. The van der Waals surface area contributed by atoms with Crippen molar-refractivity contribution in [1.82, 2.24) is 15.0 Å². The number of aromatic nitrogens is 3. The summed E-state index contributed by atoms with van der Waals surface area (Å²) in [5.74, 6) is 0.563. The van der Waals surface area contributed by atoms with E-state index in [2.05, 4.69) is 17.2 Å². The quantitative estimate of drug-likeness (QED) is 0.690. The van der Waals surface area contributed by atoms with Crippen molar-refractivity contribution < 1.29 is 4.74 Å². The lowest BCUT2D eigenvalue weighted by Crippen LogP contribution is -2.08. The van der Waals surface area contributed by atoms with Gasteiger partial charge >= 0.3 is 0 Å². The summed E-state index contributed by atoms with van der Waals surface area (Å²) in [6.45, 7) is 6.48. The number of ether oxygens (including phenoxy) is 1. The number of hydrogen-bond acceptors (Lipinski definition) is 4. The summed E-state index contributed by atoms with van der Waals surface area (Å²) in [6, 6.07) is 0. The van der Waals surface area contributed by atoms with E-state index in [0.717, 1.165) is 44.7 Å². The zero-order chi connectivity index (χ0) is 11.1. The maximum absolute atomic E-state index is 5.73. The Balaban J connectivity index is 2.45. The molecular formula is C10H20N4O. The van der Waals surface area contributed by atoms with Crippen LogP contribution in [0.5, 0.6) is 0 Å². The normalized spacial score (nSPS) is 10.8. The van der Waals surface area contributed by atoms with Crippen LogP contribution >= 0.6 is 0 Å². The average molecular weight is 212 g/mol. The van der Waals surface area contributed by atoms with Gasteiger partial charge in [0.2, 0.25) is 0 Å². The fourth-order valence-electron chi connectivity index (χ4n) is 1.48. The smallest absolute Gasteiger partial charge is 0.169 e. The summed E-state index contributed by atoms with van der Waals surface area (Å²) >= 11 is 0. The molecule has 0 aliphatic rings. The molecule has 5 heteroatoms. The van der Waals surface area contributed by atoms with Gasteiger partial charge in [0, 0.05) is 19.8 Å². The Bertz CT molecular complexity index is 285. The second kappa shape index (κ2) is 6.40. The predicted molar refractivity (Wildman–Crippen MR) is 59.5 cm³/mol. The van der Waals surface area contributed by atoms with Crippen LogP contribution in [-0.4, -0.2) is 28.2 Å². The van der Waals surface area contributed by atoms with E-state index in [-0.39, 0.29) is 0 Å². The Morgan fingerprint density at radius 1 is 1.40 bits per heavy atom. The van der Waals surface area contributed by atoms with Gasteiger partial charge < -0.3 is 10.5 Å². The number of rotatable bonds is 7. The van der Waals surface area contributed by atoms with Gasteiger partial charge in [-0.05, 0) is 19.8 Å². The predicted octanol–water partition coefficient (Wildman–Crippen LogP) is 1.24. The van der Waals surface area contributed by atoms with E-state index in [1.54, 1.807) is 0 Å². The lowest BCUT2D eigenvalue weighted by molar-refractivity contribution is 0.140. The maximum atomic E-state index is 5.73. The van der Waals surface area contributed by atoms with Crippen LogP contribution in [0.2, 0.25) is 0 Å². The van der Waals surface area contributed by atoms with Gasteiger partial charge in [-0.25, -0.2) is 4.68 Å². The summed E-state index contributed by atoms with van der Waals surface area (Å²) in [5.41, 5.74) is 6.78. The Morgan fingerprint density at radius 3 is 2.87 bits per heavy atom. The highest BCUT2D eigenvalue weighted by Gasteiger charge is 2.08. The number of nitrogen functional groups attached to an aromatic ring is 1. The Morgan fingerprint density at radius 2 is 2.20 bits per heavy atom. The Labute approximate surface area is 90.6 Å². The van der Waals surface area contributed by atoms with Crippen molar-refractivity contribution in [2.75, 3.05) is 18.9 Å². The fraction of sp³-hybridized carbons (Fsp3) is 0.800. The van der Waals surface area contributed by atoms with Crippen LogP contribution in [0.1, 0.15) is 32.4 Å². The number of aryl methyl sites for hydroxylation is 1. The molecule has 15 heavy (non-hydrogen) atoms. The van der Waals surface area contributed by atoms with E-state index in [1.165, 1.54) is 0 Å². The third-order valence-corrected chi connectivity index (χ3v) is 2.22. The zero-order valence-electron chi connectivity index (χ0n) is 9.57. The third-order valence-electron chi connectivity index (χ3n) is 2.22. The van der Waals surface area contributed by atoms with Gasteiger partial charge in [0.05, 0.1) is 5.69 Å². The van der Waals surface area contributed by atoms with Gasteiger partial charge in [-0.1, -0.05) is 18.6 Å². The van der Waals surface area contributed by atoms with Crippen molar-refractivity contribution in [2.45, 2.75) is 39.7 Å². The molecule has 0 saturated carbocycles. The van der Waals surface area contributed by atoms with E-state index in [1.807, 2.05) is 11.6 Å². The molecule has 86 valence electrons. The molecule has 1 aromatic rings. The Hall–Kier alpha value is -1.10. The SMILES string of the molecule is CCCc1c(N)nnn1CCCOCC. The molecule has 1 heterocycles. The first-order valence-corrected chi connectivity index (χ1v) is 5.55. The molecule has 5 nitrogen and oxygen atoms in total. The minimum absolute atomic E-state index is 0.563. The molecular weight excluding hydrogens is 192 g/mol. The van der Waals surface area contributed by atoms with E-state index in [9.17, 15) is 0 Å². The molecule has 0 atom stereocenters. The fourth-order valence-corrected chi connectivity index (χ4v) is 1.48. The van der Waals surface area contributed by atoms with Crippen LogP contribution in [-0.2, 0) is 17.7 Å². The van der Waals surface area contributed by atoms with Gasteiger partial charge in [-0.2, -0.15) is 0 Å². The van der Waals surface area contributed by atoms with Gasteiger partial charge in [0.15, 0.2) is 5.82 Å². The lowest BCUT2D eigenvalue weighted by atomic mass is 10.2. The summed E-state index contributed by atoms with van der Waals surface area (Å²) < 4.78 is 7.16. The van der Waals surface area contributed by atoms with Crippen LogP contribution in [0.3, 0.4) is 0 Å². The molecule has 0 radical (unpaired) electrons. The average Bonchev–Trinajstić information content (AvgIpc) is 2.57. The Kier molecular flexibility index (Phi) is 5.10. The van der Waals surface area contributed by atoms with E-state index in [0.29, 0.717) is 5.82 Å². The molecule has 0 aliphatic carbocycles. The largest absolute Gasteiger partial charge is 0.382 e. The summed E-state index contributed by atoms with van der Waals surface area (Å²) in [4.78, 5) is 0. The number of nitrogens with zero attached hydrogens (tertiary/aromatic N) is 3. The summed E-state index contributed by atoms with van der Waals surface area (Å²) in [6.07, 6.45) is 2.95. The molecule has 1 rings (SSSR count). The highest BCUT2D eigenvalue weighted by atomic mass is 16.5. The van der Waals surface area contributed by atoms with Crippen LogP contribution in [0.15, 0.2) is 0 Å². The van der Waals surface area contributed by atoms with Crippen molar-refractivity contribution in [2.24, 2.45) is 0 Å². The third kappa shape index (κ3) is 3.51. The van der Waals surface area contributed by atoms with Gasteiger partial charge in [0.25, 0.3) is 0 Å². The van der Waals surface area contributed by atoms with Crippen LogP contribution in [0, 0.1) is 0 Å². The summed E-state index contributed by atoms with van der Waals surface area (Å²) in [5, 5.41) is 7.90. The second-order valence-corrected chi connectivity index (χ2v) is 3.44. The standard InChI is InChI=1S/C10H20N4O/c1-3-6-9-10(11)12-13-14(9)7-5-8-15-4-2/h3-8,11H2,1-2H3. The van der Waals surface area contributed by atoms with Gasteiger partial charge in [0.1, 0.15) is 0 Å². The second-order valence-electron chi connectivity index (χ2n) is 3.44. The highest BCUT2D eigenvalue weighted by molar-refractivity contribution is 5.32. The molecule has 0 spiro atoms. The molecule has 0 bridgehead atoms. The number of hydrogen-bond donors (Lipinski definition) is 1. The topological polar surface area (TPSA) is 66.0 Å². The molecule has 0 amide bonds.